The number of carbonyl (C=O) groups is 2. The summed E-state index contributed by atoms with van der Waals surface area (Å²) in [5.74, 6) is 2.63. The van der Waals surface area contributed by atoms with Gasteiger partial charge in [0, 0.05) is 80.5 Å². The summed E-state index contributed by atoms with van der Waals surface area (Å²) in [4.78, 5) is 51.9. The highest BCUT2D eigenvalue weighted by Gasteiger charge is 2.27. The van der Waals surface area contributed by atoms with Crippen molar-refractivity contribution in [1.82, 2.24) is 24.9 Å². The molecule has 11 heteroatoms. The van der Waals surface area contributed by atoms with Crippen LogP contribution in [0.4, 0.5) is 11.4 Å². The van der Waals surface area contributed by atoms with Crippen LogP contribution in [0.5, 0.6) is 0 Å². The quantitative estimate of drug-likeness (QED) is 0.139. The Morgan fingerprint density at radius 1 is 0.529 bits per heavy atom. The van der Waals surface area contributed by atoms with E-state index in [-0.39, 0.29) is 11.8 Å². The van der Waals surface area contributed by atoms with Crippen LogP contribution in [-0.2, 0) is 33.9 Å². The van der Waals surface area contributed by atoms with Crippen LogP contribution in [0.2, 0.25) is 0 Å². The molecule has 9 nitrogen and oxygen atoms in total. The molecule has 4 aromatic heterocycles. The van der Waals surface area contributed by atoms with Crippen LogP contribution in [0.15, 0.2) is 78.9 Å². The van der Waals surface area contributed by atoms with E-state index >= 15 is 0 Å². The van der Waals surface area contributed by atoms with Gasteiger partial charge < -0.3 is 20.6 Å². The number of amides is 2. The van der Waals surface area contributed by atoms with Crippen molar-refractivity contribution in [3.8, 4) is 22.3 Å². The van der Waals surface area contributed by atoms with Crippen molar-refractivity contribution >= 4 is 91.1 Å². The van der Waals surface area contributed by atoms with Gasteiger partial charge in [0.25, 0.3) is 0 Å². The summed E-state index contributed by atoms with van der Waals surface area (Å²) in [7, 11) is 0. The largest absolute Gasteiger partial charge is 0.354 e. The van der Waals surface area contributed by atoms with Crippen molar-refractivity contribution in [2.24, 2.45) is 0 Å². The number of hydrogen-bond acceptors (Lipinski definition) is 7. The normalized spacial score (nSPS) is 15.0. The lowest BCUT2D eigenvalue weighted by atomic mass is 9.94. The Bertz CT molecular complexity index is 3230. The fourth-order valence-electron chi connectivity index (χ4n) is 10.2. The predicted molar refractivity (Wildman–Crippen MR) is 289 cm³/mol. The van der Waals surface area contributed by atoms with Crippen molar-refractivity contribution in [1.29, 1.82) is 0 Å². The van der Waals surface area contributed by atoms with Gasteiger partial charge in [-0.25, -0.2) is 9.97 Å². The van der Waals surface area contributed by atoms with E-state index in [4.69, 9.17) is 15.0 Å². The Hall–Kier alpha value is -6.17. The number of allylic oxidation sites excluding steroid dienone is 4. The summed E-state index contributed by atoms with van der Waals surface area (Å²) < 4.78 is 0. The lowest BCUT2D eigenvalue weighted by Gasteiger charge is -2.14. The molecule has 10 rings (SSSR count). The van der Waals surface area contributed by atoms with Crippen molar-refractivity contribution in [2.75, 3.05) is 22.1 Å². The van der Waals surface area contributed by atoms with E-state index in [2.05, 4.69) is 106 Å². The average molecular weight is 940 g/mol. The molecule has 0 saturated heterocycles. The molecule has 2 amide bonds. The second kappa shape index (κ2) is 20.2. The summed E-state index contributed by atoms with van der Waals surface area (Å²) in [6.07, 6.45) is 3.85. The van der Waals surface area contributed by atoms with E-state index in [0.717, 1.165) is 138 Å². The average Bonchev–Trinajstić information content (AvgIpc) is 4.03. The first-order chi connectivity index (χ1) is 33.0. The molecular weight excluding hydrogens is 879 g/mol. The molecule has 8 heterocycles. The highest BCUT2D eigenvalue weighted by Crippen LogP contribution is 2.46. The molecule has 2 aromatic carbocycles. The molecule has 0 radical (unpaired) electrons. The minimum atomic E-state index is -0.0416. The third-order valence-corrected chi connectivity index (χ3v) is 15.7. The van der Waals surface area contributed by atoms with Crippen LogP contribution in [-0.4, -0.2) is 48.2 Å². The third-order valence-electron chi connectivity index (χ3n) is 13.7. The smallest absolute Gasteiger partial charge is 0.225 e. The van der Waals surface area contributed by atoms with Gasteiger partial charge in [-0.05, 0) is 134 Å². The number of aromatic nitrogens is 5. The maximum Gasteiger partial charge on any atom is 0.225 e. The molecule has 0 unspecified atom stereocenters. The fraction of sp³-hybridized carbons (Fsp3) is 0.316. The fourth-order valence-corrected chi connectivity index (χ4v) is 11.9. The molecule has 12 bridgehead atoms. The maximum atomic E-state index is 13.9. The first kappa shape index (κ1) is 46.9. The zero-order valence-corrected chi connectivity index (χ0v) is 42.2. The monoisotopic (exact) mass is 939 g/mol. The van der Waals surface area contributed by atoms with Gasteiger partial charge in [0.05, 0.1) is 45.2 Å². The van der Waals surface area contributed by atoms with Gasteiger partial charge in [-0.1, -0.05) is 70.2 Å². The molecule has 0 atom stereocenters. The number of para-hydroxylation sites is 2. The van der Waals surface area contributed by atoms with E-state index in [9.17, 15) is 9.59 Å². The first-order valence-corrected chi connectivity index (χ1v) is 26.4. The van der Waals surface area contributed by atoms with Crippen LogP contribution in [0.25, 0.3) is 66.6 Å². The van der Waals surface area contributed by atoms with Gasteiger partial charge in [0.15, 0.2) is 0 Å². The number of aryl methyl sites for hydroxylation is 4. The van der Waals surface area contributed by atoms with Crippen LogP contribution in [0, 0.1) is 13.8 Å². The molecule has 0 saturated carbocycles. The Morgan fingerprint density at radius 3 is 1.53 bits per heavy atom. The number of thioether (sulfide) groups is 2. The lowest BCUT2D eigenvalue weighted by molar-refractivity contribution is -0.116. The molecular formula is C57H61N7O2S2. The number of fused-ring (bicyclic) bond motifs is 10. The topological polar surface area (TPSA) is 128 Å². The van der Waals surface area contributed by atoms with Crippen molar-refractivity contribution in [2.45, 2.75) is 105 Å². The molecule has 0 spiro atoms. The van der Waals surface area contributed by atoms with Crippen LogP contribution >= 0.6 is 23.5 Å². The van der Waals surface area contributed by atoms with E-state index in [1.165, 1.54) is 22.3 Å². The minimum absolute atomic E-state index is 0.0405. The zero-order chi connectivity index (χ0) is 47.6. The number of H-pyrrole nitrogens is 2. The molecule has 6 aromatic rings. The number of benzene rings is 2. The number of anilines is 2. The van der Waals surface area contributed by atoms with Gasteiger partial charge in [0.2, 0.25) is 11.8 Å². The standard InChI is InChI=1S/C57H61N7O2S2/c1-9-38-33(6)54-52-42-20-13-15-22-44(42)59-50(65)24-26-67-30-36-18-17-19-37(58-36)31-68-27-25-51(66)60-45-23-16-14-21-43(45)53(57-41(12-4)32(5)46(61-57)28-47(38)62-54)56-35(8)40(11-3)49(64-56)29-48-39(10-2)34(7)55(52)63-48/h13-23,28-29,61,63H,9-12,24-27,30-31H2,1-8H3,(H,59,65)(H,60,66). The third kappa shape index (κ3) is 8.98. The Labute approximate surface area is 408 Å². The van der Waals surface area contributed by atoms with E-state index < -0.39 is 0 Å². The summed E-state index contributed by atoms with van der Waals surface area (Å²) in [5, 5.41) is 6.68. The second-order valence-electron chi connectivity index (χ2n) is 17.8. The van der Waals surface area contributed by atoms with E-state index in [1.54, 1.807) is 23.5 Å². The number of pyridine rings is 1. The predicted octanol–water partition coefficient (Wildman–Crippen LogP) is 14.3. The van der Waals surface area contributed by atoms with Crippen LogP contribution in [0.3, 0.4) is 0 Å². The molecule has 348 valence electrons. The van der Waals surface area contributed by atoms with Crippen molar-refractivity contribution in [3.05, 3.63) is 135 Å². The number of hydrogen-bond donors (Lipinski definition) is 4. The highest BCUT2D eigenvalue weighted by atomic mass is 32.2. The number of nitrogens with zero attached hydrogens (tertiary/aromatic N) is 3. The summed E-state index contributed by atoms with van der Waals surface area (Å²) >= 11 is 3.41. The Morgan fingerprint density at radius 2 is 1.01 bits per heavy atom. The van der Waals surface area contributed by atoms with Gasteiger partial charge in [-0.3, -0.25) is 14.6 Å². The molecule has 0 fully saturated rings. The highest BCUT2D eigenvalue weighted by molar-refractivity contribution is 7.98. The summed E-state index contributed by atoms with van der Waals surface area (Å²) in [6.45, 7) is 17.6. The summed E-state index contributed by atoms with van der Waals surface area (Å²) in [5.41, 5.74) is 24.0. The number of aromatic amines is 2. The van der Waals surface area contributed by atoms with E-state index in [0.29, 0.717) is 35.9 Å². The SMILES string of the molecule is CCC1=C(C)c2nc1cc1[nH]c(c(CC)c1C)c1c3nc(cc4[nH]c(c(C)c4CC)c2-c2ccccc2NC(=O)CCSCc2cccc(n2)CSCCC(=O)Nc2ccccc2-1)C(CC)=C3C. The Balaban J connectivity index is 1.39. The first-order valence-electron chi connectivity index (χ1n) is 24.1. The summed E-state index contributed by atoms with van der Waals surface area (Å²) in [6, 6.07) is 26.9. The van der Waals surface area contributed by atoms with Gasteiger partial charge in [0.1, 0.15) is 0 Å². The van der Waals surface area contributed by atoms with Gasteiger partial charge in [-0.15, -0.1) is 0 Å². The number of nitrogens with one attached hydrogen (secondary N) is 4. The van der Waals surface area contributed by atoms with Crippen molar-refractivity contribution < 1.29 is 9.59 Å². The van der Waals surface area contributed by atoms with Crippen LogP contribution < -0.4 is 10.6 Å². The maximum absolute atomic E-state index is 13.9. The molecule has 4 aliphatic heterocycles. The van der Waals surface area contributed by atoms with Crippen LogP contribution in [0.1, 0.15) is 124 Å². The number of rotatable bonds is 4. The zero-order valence-electron chi connectivity index (χ0n) is 40.6. The lowest BCUT2D eigenvalue weighted by Crippen LogP contribution is -2.13. The molecule has 4 aliphatic rings. The Kier molecular flexibility index (Phi) is 13.9. The second-order valence-corrected chi connectivity index (χ2v) is 20.0. The number of carbonyl (C=O) groups excluding carboxylic acids is 2. The van der Waals surface area contributed by atoms with Gasteiger partial charge in [-0.2, -0.15) is 23.5 Å². The molecule has 68 heavy (non-hydrogen) atoms. The van der Waals surface area contributed by atoms with Gasteiger partial charge >= 0.3 is 0 Å². The molecule has 0 aliphatic carbocycles. The molecule has 4 N–H and O–H groups in total. The van der Waals surface area contributed by atoms with Crippen molar-refractivity contribution in [3.63, 3.8) is 0 Å². The van der Waals surface area contributed by atoms with E-state index in [1.807, 2.05) is 48.5 Å². The minimum Gasteiger partial charge on any atom is -0.354 e.